The van der Waals surface area contributed by atoms with Gasteiger partial charge in [0.25, 0.3) is 0 Å². The molecule has 282 valence electrons. The summed E-state index contributed by atoms with van der Waals surface area (Å²) in [5.41, 5.74) is 7.24. The first-order valence-electron chi connectivity index (χ1n) is 19.2. The van der Waals surface area contributed by atoms with Gasteiger partial charge in [0.1, 0.15) is 18.5 Å². The SMILES string of the molecule is C=CCCC/C=C/CO.C=CCCC/C=C/COCC(O)COc1c(C(C)c2ccccc2)cc(C(C)c2ccccc2)cc1C(C)c1ccccc1. The minimum Gasteiger partial charge on any atom is -0.490 e. The monoisotopic (exact) mass is 714 g/mol. The second kappa shape index (κ2) is 25.5. The number of unbranched alkanes of at least 4 members (excludes halogenated alkanes) is 4. The van der Waals surface area contributed by atoms with Crippen LogP contribution in [-0.4, -0.2) is 42.7 Å². The van der Waals surface area contributed by atoms with Crippen molar-refractivity contribution in [2.75, 3.05) is 26.4 Å². The van der Waals surface area contributed by atoms with E-state index in [-0.39, 0.29) is 37.6 Å². The molecular weight excluding hydrogens is 653 g/mol. The van der Waals surface area contributed by atoms with Crippen LogP contribution in [0, 0.1) is 0 Å². The highest BCUT2D eigenvalue weighted by Crippen LogP contribution is 2.42. The Bertz CT molecular complexity index is 1560. The molecule has 4 heteroatoms. The number of aliphatic hydroxyl groups excluding tert-OH is 2. The van der Waals surface area contributed by atoms with Crippen LogP contribution in [0.2, 0.25) is 0 Å². The molecule has 0 bridgehead atoms. The molecular formula is C49H62O4. The highest BCUT2D eigenvalue weighted by molar-refractivity contribution is 5.54. The van der Waals surface area contributed by atoms with Crippen LogP contribution in [0.25, 0.3) is 0 Å². The number of hydrogen-bond donors (Lipinski definition) is 2. The summed E-state index contributed by atoms with van der Waals surface area (Å²) in [7, 11) is 0. The molecule has 0 aliphatic rings. The maximum absolute atomic E-state index is 10.9. The molecule has 0 spiro atoms. The highest BCUT2D eigenvalue weighted by Gasteiger charge is 2.25. The maximum Gasteiger partial charge on any atom is 0.127 e. The van der Waals surface area contributed by atoms with Crippen LogP contribution < -0.4 is 4.74 Å². The summed E-state index contributed by atoms with van der Waals surface area (Å²) in [6.45, 7) is 15.1. The number of hydrogen-bond acceptors (Lipinski definition) is 4. The molecule has 0 saturated carbocycles. The van der Waals surface area contributed by atoms with E-state index in [2.05, 4.69) is 143 Å². The molecule has 4 atom stereocenters. The summed E-state index contributed by atoms with van der Waals surface area (Å²) in [4.78, 5) is 0. The van der Waals surface area contributed by atoms with E-state index in [4.69, 9.17) is 14.6 Å². The van der Waals surface area contributed by atoms with Crippen molar-refractivity contribution >= 4 is 0 Å². The Hall–Kier alpha value is -4.48. The Balaban J connectivity index is 0.000000743. The molecule has 0 aliphatic carbocycles. The van der Waals surface area contributed by atoms with Gasteiger partial charge in [-0.1, -0.05) is 160 Å². The molecule has 4 unspecified atom stereocenters. The fraction of sp³-hybridized carbons (Fsp3) is 0.347. The van der Waals surface area contributed by atoms with Gasteiger partial charge in [0.2, 0.25) is 0 Å². The van der Waals surface area contributed by atoms with E-state index in [0.29, 0.717) is 6.61 Å². The predicted molar refractivity (Wildman–Crippen MR) is 224 cm³/mol. The summed E-state index contributed by atoms with van der Waals surface area (Å²) in [5, 5.41) is 19.2. The van der Waals surface area contributed by atoms with Crippen LogP contribution in [0.3, 0.4) is 0 Å². The molecule has 0 heterocycles. The van der Waals surface area contributed by atoms with Gasteiger partial charge in [-0.05, 0) is 60.8 Å². The van der Waals surface area contributed by atoms with E-state index in [0.717, 1.165) is 55.4 Å². The van der Waals surface area contributed by atoms with E-state index in [1.54, 1.807) is 6.08 Å². The van der Waals surface area contributed by atoms with E-state index in [1.165, 1.54) is 22.3 Å². The highest BCUT2D eigenvalue weighted by atomic mass is 16.5. The van der Waals surface area contributed by atoms with Crippen LogP contribution in [0.15, 0.2) is 153 Å². The summed E-state index contributed by atoms with van der Waals surface area (Å²) in [6, 6.07) is 36.5. The molecule has 2 N–H and O–H groups in total. The summed E-state index contributed by atoms with van der Waals surface area (Å²) in [6.07, 6.45) is 17.4. The first kappa shape index (κ1) is 42.9. The van der Waals surface area contributed by atoms with E-state index >= 15 is 0 Å². The first-order valence-corrected chi connectivity index (χ1v) is 19.2. The molecule has 4 nitrogen and oxygen atoms in total. The third kappa shape index (κ3) is 15.2. The van der Waals surface area contributed by atoms with Crippen LogP contribution in [0.5, 0.6) is 5.75 Å². The van der Waals surface area contributed by atoms with Crippen molar-refractivity contribution in [3.8, 4) is 5.75 Å². The lowest BCUT2D eigenvalue weighted by molar-refractivity contribution is 0.0208. The van der Waals surface area contributed by atoms with Crippen LogP contribution in [0.4, 0.5) is 0 Å². The number of benzene rings is 4. The lowest BCUT2D eigenvalue weighted by Crippen LogP contribution is -2.24. The quantitative estimate of drug-likeness (QED) is 0.0628. The van der Waals surface area contributed by atoms with Crippen LogP contribution in [0.1, 0.15) is 110 Å². The smallest absolute Gasteiger partial charge is 0.127 e. The van der Waals surface area contributed by atoms with Crippen LogP contribution in [-0.2, 0) is 4.74 Å². The second-order valence-corrected chi connectivity index (χ2v) is 13.5. The Morgan fingerprint density at radius 3 is 1.47 bits per heavy atom. The first-order chi connectivity index (χ1) is 25.9. The molecule has 0 aromatic heterocycles. The number of allylic oxidation sites excluding steroid dienone is 4. The molecule has 4 rings (SSSR count). The minimum atomic E-state index is -0.744. The lowest BCUT2D eigenvalue weighted by atomic mass is 9.81. The van der Waals surface area contributed by atoms with E-state index < -0.39 is 6.10 Å². The van der Waals surface area contributed by atoms with Gasteiger partial charge in [-0.2, -0.15) is 0 Å². The summed E-state index contributed by atoms with van der Waals surface area (Å²) >= 11 is 0. The zero-order chi connectivity index (χ0) is 38.1. The van der Waals surface area contributed by atoms with Gasteiger partial charge in [-0.15, -0.1) is 13.2 Å². The van der Waals surface area contributed by atoms with Crippen molar-refractivity contribution in [1.29, 1.82) is 0 Å². The zero-order valence-electron chi connectivity index (χ0n) is 32.3. The molecule has 0 fully saturated rings. The van der Waals surface area contributed by atoms with Gasteiger partial charge in [-0.25, -0.2) is 0 Å². The van der Waals surface area contributed by atoms with Crippen molar-refractivity contribution < 1.29 is 19.7 Å². The second-order valence-electron chi connectivity index (χ2n) is 13.5. The fourth-order valence-electron chi connectivity index (χ4n) is 6.17. The molecule has 53 heavy (non-hydrogen) atoms. The minimum absolute atomic E-state index is 0.0930. The Morgan fingerprint density at radius 2 is 1.02 bits per heavy atom. The topological polar surface area (TPSA) is 58.9 Å². The van der Waals surface area contributed by atoms with Crippen molar-refractivity contribution in [3.05, 3.63) is 186 Å². The van der Waals surface area contributed by atoms with Gasteiger partial charge >= 0.3 is 0 Å². The fourth-order valence-corrected chi connectivity index (χ4v) is 6.17. The average Bonchev–Trinajstić information content (AvgIpc) is 3.21. The third-order valence-corrected chi connectivity index (χ3v) is 9.44. The number of rotatable bonds is 22. The zero-order valence-corrected chi connectivity index (χ0v) is 32.3. The molecule has 0 aliphatic heterocycles. The predicted octanol–water partition coefficient (Wildman–Crippen LogP) is 11.7. The Morgan fingerprint density at radius 1 is 0.566 bits per heavy atom. The van der Waals surface area contributed by atoms with Crippen LogP contribution >= 0.6 is 0 Å². The number of aliphatic hydroxyl groups is 2. The largest absolute Gasteiger partial charge is 0.490 e. The third-order valence-electron chi connectivity index (χ3n) is 9.44. The average molecular weight is 715 g/mol. The van der Waals surface area contributed by atoms with Crippen molar-refractivity contribution in [2.45, 2.75) is 83.2 Å². The Kier molecular flexibility index (Phi) is 20.6. The van der Waals surface area contributed by atoms with Gasteiger partial charge in [0.15, 0.2) is 0 Å². The lowest BCUT2D eigenvalue weighted by Gasteiger charge is -2.27. The number of ether oxygens (including phenoxy) is 2. The van der Waals surface area contributed by atoms with Crippen molar-refractivity contribution in [3.63, 3.8) is 0 Å². The maximum atomic E-state index is 10.9. The summed E-state index contributed by atoms with van der Waals surface area (Å²) in [5.74, 6) is 1.24. The van der Waals surface area contributed by atoms with Crippen molar-refractivity contribution in [1.82, 2.24) is 0 Å². The van der Waals surface area contributed by atoms with E-state index in [9.17, 15) is 5.11 Å². The molecule has 0 saturated heterocycles. The Labute approximate surface area is 320 Å². The van der Waals surface area contributed by atoms with Gasteiger partial charge in [0.05, 0.1) is 19.8 Å². The van der Waals surface area contributed by atoms with Gasteiger partial charge in [-0.3, -0.25) is 0 Å². The molecule has 0 amide bonds. The van der Waals surface area contributed by atoms with E-state index in [1.807, 2.05) is 24.3 Å². The molecule has 4 aromatic carbocycles. The summed E-state index contributed by atoms with van der Waals surface area (Å²) < 4.78 is 12.4. The van der Waals surface area contributed by atoms with Crippen molar-refractivity contribution in [2.24, 2.45) is 0 Å². The standard InChI is InChI=1S/C41H48O3.C8H14O/c1-5-6-7-8-9-19-26-43-29-38(42)30-44-41-39(32(3)35-22-15-11-16-23-35)27-37(31(2)34-20-13-10-14-21-34)28-40(41)33(4)36-24-17-12-18-25-36;1-2-3-4-5-6-7-8-9/h5,9-25,27-28,31-33,38,42H,1,6-8,26,29-30H2,2-4H3;2,6-7,9H,1,3-5,8H2/b19-9+;7-6+. The normalized spacial score (nSPS) is 13.5. The van der Waals surface area contributed by atoms with Gasteiger partial charge < -0.3 is 19.7 Å². The molecule has 4 aromatic rings. The van der Waals surface area contributed by atoms with Gasteiger partial charge in [0, 0.05) is 28.9 Å². The molecule has 0 radical (unpaired) electrons.